The number of carboxylic acids is 1. The van der Waals surface area contributed by atoms with Crippen molar-refractivity contribution in [2.75, 3.05) is 20.2 Å². The first-order chi connectivity index (χ1) is 9.56. The van der Waals surface area contributed by atoms with Gasteiger partial charge in [0.2, 0.25) is 0 Å². The first kappa shape index (κ1) is 15.1. The molecule has 114 valence electrons. The summed E-state index contributed by atoms with van der Waals surface area (Å²) in [4.78, 5) is 27.1. The molecule has 3 atom stereocenters. The Morgan fingerprint density at radius 2 is 2.00 bits per heavy atom. The van der Waals surface area contributed by atoms with E-state index in [1.54, 1.807) is 16.8 Å². The molecule has 0 aliphatic carbocycles. The van der Waals surface area contributed by atoms with E-state index in [9.17, 15) is 14.7 Å². The van der Waals surface area contributed by atoms with E-state index in [0.29, 0.717) is 13.0 Å². The third kappa shape index (κ3) is 2.90. The molecule has 2 fully saturated rings. The Labute approximate surface area is 119 Å². The van der Waals surface area contributed by atoms with Gasteiger partial charge in [0.25, 0.3) is 0 Å². The molecule has 6 nitrogen and oxygen atoms in total. The normalized spacial score (nSPS) is 27.9. The molecule has 2 aliphatic heterocycles. The van der Waals surface area contributed by atoms with Crippen LogP contribution in [0, 0.1) is 5.92 Å². The van der Waals surface area contributed by atoms with Crippen molar-refractivity contribution in [1.82, 2.24) is 9.80 Å². The van der Waals surface area contributed by atoms with Gasteiger partial charge in [-0.05, 0) is 38.5 Å². The number of aliphatic carboxylic acids is 1. The molecule has 0 aromatic carbocycles. The number of hydrogen-bond donors (Lipinski definition) is 2. The molecule has 0 aromatic rings. The Morgan fingerprint density at radius 1 is 1.25 bits per heavy atom. The Kier molecular flexibility index (Phi) is 4.86. The lowest BCUT2D eigenvalue weighted by molar-refractivity contribution is -0.142. The number of rotatable bonds is 6. The standard InChI is InChI=1S/C14H24N2O4/c1-15(7-3-2-4-8-17)14(20)16-10-5-6-12(16)11(9-10)13(18)19/h10-12,17H,2-9H2,1H3,(H,18,19). The third-order valence-electron chi connectivity index (χ3n) is 4.55. The van der Waals surface area contributed by atoms with Crippen LogP contribution in [0.1, 0.15) is 38.5 Å². The number of carboxylic acid groups (broad SMARTS) is 1. The van der Waals surface area contributed by atoms with Crippen molar-refractivity contribution in [3.8, 4) is 0 Å². The van der Waals surface area contributed by atoms with Crippen molar-refractivity contribution in [3.05, 3.63) is 0 Å². The van der Waals surface area contributed by atoms with Crippen LogP contribution in [0.5, 0.6) is 0 Å². The molecule has 3 unspecified atom stereocenters. The molecule has 0 radical (unpaired) electrons. The monoisotopic (exact) mass is 284 g/mol. The maximum atomic E-state index is 12.4. The van der Waals surface area contributed by atoms with Gasteiger partial charge in [0.15, 0.2) is 0 Å². The van der Waals surface area contributed by atoms with Crippen molar-refractivity contribution in [1.29, 1.82) is 0 Å². The number of hydrogen-bond acceptors (Lipinski definition) is 3. The van der Waals surface area contributed by atoms with Crippen molar-refractivity contribution in [2.24, 2.45) is 5.92 Å². The summed E-state index contributed by atoms with van der Waals surface area (Å²) < 4.78 is 0. The predicted octanol–water partition coefficient (Wildman–Crippen LogP) is 1.14. The first-order valence-electron chi connectivity index (χ1n) is 7.43. The van der Waals surface area contributed by atoms with E-state index >= 15 is 0 Å². The molecule has 2 heterocycles. The molecule has 2 saturated heterocycles. The van der Waals surface area contributed by atoms with E-state index in [4.69, 9.17) is 5.11 Å². The second-order valence-electron chi connectivity index (χ2n) is 5.87. The number of amides is 2. The van der Waals surface area contributed by atoms with Crippen LogP contribution in [0.25, 0.3) is 0 Å². The highest BCUT2D eigenvalue weighted by Crippen LogP contribution is 2.42. The van der Waals surface area contributed by atoms with Gasteiger partial charge in [-0.2, -0.15) is 0 Å². The van der Waals surface area contributed by atoms with Crippen LogP contribution in [0.4, 0.5) is 4.79 Å². The van der Waals surface area contributed by atoms with E-state index in [1.807, 2.05) is 0 Å². The van der Waals surface area contributed by atoms with E-state index in [0.717, 1.165) is 32.1 Å². The van der Waals surface area contributed by atoms with Crippen molar-refractivity contribution >= 4 is 12.0 Å². The number of carbonyl (C=O) groups is 2. The summed E-state index contributed by atoms with van der Waals surface area (Å²) in [5.41, 5.74) is 0. The summed E-state index contributed by atoms with van der Waals surface area (Å²) in [6.07, 6.45) is 4.87. The van der Waals surface area contributed by atoms with Gasteiger partial charge >= 0.3 is 12.0 Å². The Bertz CT molecular complexity index is 374. The zero-order valence-corrected chi connectivity index (χ0v) is 12.0. The van der Waals surface area contributed by atoms with Gasteiger partial charge in [-0.3, -0.25) is 4.79 Å². The minimum atomic E-state index is -0.777. The summed E-state index contributed by atoms with van der Waals surface area (Å²) in [5, 5.41) is 17.9. The Morgan fingerprint density at radius 3 is 2.60 bits per heavy atom. The maximum Gasteiger partial charge on any atom is 0.320 e. The van der Waals surface area contributed by atoms with Gasteiger partial charge in [-0.1, -0.05) is 0 Å². The molecule has 2 bridgehead atoms. The molecule has 2 N–H and O–H groups in total. The number of aliphatic hydroxyl groups excluding tert-OH is 1. The van der Waals surface area contributed by atoms with Crippen molar-refractivity contribution in [2.45, 2.75) is 50.6 Å². The highest BCUT2D eigenvalue weighted by atomic mass is 16.4. The number of fused-ring (bicyclic) bond motifs is 2. The summed E-state index contributed by atoms with van der Waals surface area (Å²) in [6, 6.07) is -0.0522. The number of nitrogens with zero attached hydrogens (tertiary/aromatic N) is 2. The smallest absolute Gasteiger partial charge is 0.320 e. The molecule has 0 spiro atoms. The molecule has 20 heavy (non-hydrogen) atoms. The van der Waals surface area contributed by atoms with E-state index in [2.05, 4.69) is 0 Å². The molecule has 2 amide bonds. The van der Waals surface area contributed by atoms with Gasteiger partial charge in [-0.25, -0.2) is 4.79 Å². The second-order valence-corrected chi connectivity index (χ2v) is 5.87. The molecular formula is C14H24N2O4. The molecule has 2 rings (SSSR count). The lowest BCUT2D eigenvalue weighted by Crippen LogP contribution is -2.45. The van der Waals surface area contributed by atoms with E-state index < -0.39 is 5.97 Å². The van der Waals surface area contributed by atoms with Gasteiger partial charge in [0, 0.05) is 32.3 Å². The summed E-state index contributed by atoms with van der Waals surface area (Å²) >= 11 is 0. The maximum absolute atomic E-state index is 12.4. The van der Waals surface area contributed by atoms with Crippen molar-refractivity contribution < 1.29 is 19.8 Å². The van der Waals surface area contributed by atoms with Crippen LogP contribution < -0.4 is 0 Å². The molecule has 0 aromatic heterocycles. The van der Waals surface area contributed by atoms with Crippen molar-refractivity contribution in [3.63, 3.8) is 0 Å². The lowest BCUT2D eigenvalue weighted by Gasteiger charge is -2.28. The Balaban J connectivity index is 1.88. The van der Waals surface area contributed by atoms with Gasteiger partial charge < -0.3 is 20.0 Å². The van der Waals surface area contributed by atoms with Crippen LogP contribution >= 0.6 is 0 Å². The SMILES string of the molecule is CN(CCCCCO)C(=O)N1C2CCC1C(C(=O)O)C2. The molecule has 2 aliphatic rings. The highest BCUT2D eigenvalue weighted by Gasteiger charge is 2.51. The zero-order valence-electron chi connectivity index (χ0n) is 12.0. The average Bonchev–Trinajstić information content (AvgIpc) is 3.00. The highest BCUT2D eigenvalue weighted by molar-refractivity contribution is 5.79. The number of unbranched alkanes of at least 4 members (excludes halogenated alkanes) is 2. The predicted molar refractivity (Wildman–Crippen MR) is 73.4 cm³/mol. The lowest BCUT2D eigenvalue weighted by atomic mass is 9.89. The van der Waals surface area contributed by atoms with E-state index in [1.165, 1.54) is 0 Å². The third-order valence-corrected chi connectivity index (χ3v) is 4.55. The number of urea groups is 1. The number of aliphatic hydroxyl groups is 1. The largest absolute Gasteiger partial charge is 0.481 e. The zero-order chi connectivity index (χ0) is 14.7. The molecule has 6 heteroatoms. The minimum absolute atomic E-state index is 0.0368. The van der Waals surface area contributed by atoms with Crippen LogP contribution in [0.15, 0.2) is 0 Å². The van der Waals surface area contributed by atoms with E-state index in [-0.39, 0.29) is 30.6 Å². The first-order valence-corrected chi connectivity index (χ1v) is 7.43. The minimum Gasteiger partial charge on any atom is -0.481 e. The summed E-state index contributed by atoms with van der Waals surface area (Å²) in [7, 11) is 1.77. The summed E-state index contributed by atoms with van der Waals surface area (Å²) in [6.45, 7) is 0.848. The fourth-order valence-corrected chi connectivity index (χ4v) is 3.48. The topological polar surface area (TPSA) is 81.1 Å². The average molecular weight is 284 g/mol. The fraction of sp³-hybridized carbons (Fsp3) is 0.857. The second kappa shape index (κ2) is 6.43. The van der Waals surface area contributed by atoms with Crippen LogP contribution in [-0.2, 0) is 4.79 Å². The molecule has 0 saturated carbocycles. The quantitative estimate of drug-likeness (QED) is 0.717. The number of carbonyl (C=O) groups excluding carboxylic acids is 1. The Hall–Kier alpha value is -1.30. The summed E-state index contributed by atoms with van der Waals surface area (Å²) in [5.74, 6) is -1.17. The molecular weight excluding hydrogens is 260 g/mol. The van der Waals surface area contributed by atoms with Crippen LogP contribution in [0.2, 0.25) is 0 Å². The van der Waals surface area contributed by atoms with Gasteiger partial charge in [0.05, 0.1) is 5.92 Å². The van der Waals surface area contributed by atoms with Gasteiger partial charge in [0.1, 0.15) is 0 Å². The van der Waals surface area contributed by atoms with Gasteiger partial charge in [-0.15, -0.1) is 0 Å². The van der Waals surface area contributed by atoms with Crippen LogP contribution in [-0.4, -0.2) is 64.3 Å². The van der Waals surface area contributed by atoms with Crippen LogP contribution in [0.3, 0.4) is 0 Å². The fourth-order valence-electron chi connectivity index (χ4n) is 3.48.